The van der Waals surface area contributed by atoms with Crippen LogP contribution in [0.1, 0.15) is 82.8 Å². The number of benzene rings is 2. The summed E-state index contributed by atoms with van der Waals surface area (Å²) in [4.78, 5) is 27.6. The Labute approximate surface area is 271 Å². The fraction of sp³-hybridized carbons (Fsp3) is 0.622. The molecule has 2 aromatic carbocycles. The van der Waals surface area contributed by atoms with Crippen LogP contribution in [0.15, 0.2) is 60.7 Å². The molecule has 0 bridgehead atoms. The summed E-state index contributed by atoms with van der Waals surface area (Å²) in [5.74, 6) is 0.915. The lowest BCUT2D eigenvalue weighted by molar-refractivity contribution is -0.131. The highest BCUT2D eigenvalue weighted by Crippen LogP contribution is 2.66. The first-order valence-electron chi connectivity index (χ1n) is 17.3. The molecule has 1 saturated heterocycles. The van der Waals surface area contributed by atoms with E-state index in [1.165, 1.54) is 11.1 Å². The molecule has 0 aromatic heterocycles. The molecule has 1 heterocycles. The minimum atomic E-state index is -0.522. The second kappa shape index (κ2) is 16.8. The number of ketones is 1. The van der Waals surface area contributed by atoms with E-state index in [0.29, 0.717) is 31.8 Å². The molecule has 8 atom stereocenters. The molecule has 2 aliphatic rings. The van der Waals surface area contributed by atoms with Crippen molar-refractivity contribution < 1.29 is 9.59 Å². The molecule has 2 fully saturated rings. The number of amides is 1. The average molecular weight is 619 g/mol. The Morgan fingerprint density at radius 2 is 1.69 bits per heavy atom. The molecule has 8 heteroatoms. The highest BCUT2D eigenvalue weighted by Gasteiger charge is 2.65. The minimum Gasteiger partial charge on any atom is -0.359 e. The normalized spacial score (nSPS) is 26.6. The van der Waals surface area contributed by atoms with Crippen LogP contribution in [0.25, 0.3) is 0 Å². The van der Waals surface area contributed by atoms with Crippen LogP contribution in [-0.4, -0.2) is 62.2 Å². The van der Waals surface area contributed by atoms with Crippen molar-refractivity contribution in [2.75, 3.05) is 20.1 Å². The monoisotopic (exact) mass is 618 g/mol. The third-order valence-electron chi connectivity index (χ3n) is 9.97. The summed E-state index contributed by atoms with van der Waals surface area (Å²) in [6, 6.07) is 20.2. The Hall–Kier alpha value is -2.62. The molecule has 1 saturated carbocycles. The van der Waals surface area contributed by atoms with Crippen molar-refractivity contribution in [1.29, 1.82) is 0 Å². The Kier molecular flexibility index (Phi) is 13.2. The third-order valence-corrected chi connectivity index (χ3v) is 9.97. The van der Waals surface area contributed by atoms with Gasteiger partial charge in [-0.25, -0.2) is 0 Å². The summed E-state index contributed by atoms with van der Waals surface area (Å²) in [6.45, 7) is 8.03. The molecule has 0 spiro atoms. The molecule has 45 heavy (non-hydrogen) atoms. The fourth-order valence-electron chi connectivity index (χ4n) is 7.60. The van der Waals surface area contributed by atoms with Gasteiger partial charge in [-0.2, -0.15) is 0 Å². The summed E-state index contributed by atoms with van der Waals surface area (Å²) in [5.41, 5.74) is 15.0. The van der Waals surface area contributed by atoms with Gasteiger partial charge in [0.05, 0.1) is 23.7 Å². The van der Waals surface area contributed by atoms with Gasteiger partial charge in [-0.3, -0.25) is 14.9 Å². The molecule has 2 aromatic rings. The molecule has 8 nitrogen and oxygen atoms in total. The van der Waals surface area contributed by atoms with E-state index in [2.05, 4.69) is 78.4 Å². The van der Waals surface area contributed by atoms with Crippen LogP contribution in [0, 0.1) is 17.3 Å². The number of Topliss-reactive ketones (excluding diaryl/α,β-unsaturated/α-hetero) is 1. The number of hydrogen-bond donors (Lipinski definition) is 6. The molecule has 1 aliphatic heterocycles. The summed E-state index contributed by atoms with van der Waals surface area (Å²) >= 11 is 0. The van der Waals surface area contributed by atoms with Gasteiger partial charge in [0.15, 0.2) is 5.78 Å². The molecule has 1 aliphatic carbocycles. The van der Waals surface area contributed by atoms with E-state index in [-0.39, 0.29) is 53.9 Å². The molecule has 8 N–H and O–H groups in total. The predicted octanol–water partition coefficient (Wildman–Crippen LogP) is 3.85. The maximum Gasteiger partial charge on any atom is 0.226 e. The van der Waals surface area contributed by atoms with Crippen LogP contribution < -0.4 is 32.7 Å². The highest BCUT2D eigenvalue weighted by molar-refractivity contribution is 5.90. The van der Waals surface area contributed by atoms with Crippen molar-refractivity contribution in [3.63, 3.8) is 0 Å². The maximum atomic E-state index is 14.2. The molecule has 1 amide bonds. The van der Waals surface area contributed by atoms with E-state index in [9.17, 15) is 9.59 Å². The zero-order valence-corrected chi connectivity index (χ0v) is 27.9. The molecule has 4 rings (SSSR count). The number of hydrogen-bond acceptors (Lipinski definition) is 7. The van der Waals surface area contributed by atoms with Gasteiger partial charge in [-0.1, -0.05) is 94.3 Å². The van der Waals surface area contributed by atoms with Crippen molar-refractivity contribution in [1.82, 2.24) is 21.3 Å². The Bertz CT molecular complexity index is 1190. The smallest absolute Gasteiger partial charge is 0.226 e. The van der Waals surface area contributed by atoms with Crippen LogP contribution in [0.4, 0.5) is 0 Å². The second-order valence-corrected chi connectivity index (χ2v) is 14.0. The topological polar surface area (TPSA) is 134 Å². The molecule has 248 valence electrons. The number of unbranched alkanes of at least 4 members (excludes halogenated alkanes) is 1. The number of nitrogens with one attached hydrogen (secondary N) is 4. The average Bonchev–Trinajstić information content (AvgIpc) is 3.80. The SMILES string of the molecule is CCCC[C@@H](NC[C@@H](CC(C)C)NC[C@H](N)Cc1ccccc1)C(=O)[C@H]1CC(C2(C(=O)NC)CC2c2ccccc2)CC(N)N1. The van der Waals surface area contributed by atoms with Gasteiger partial charge in [0.2, 0.25) is 5.91 Å². The first kappa shape index (κ1) is 35.2. The number of piperidine rings is 1. The molecule has 4 unspecified atom stereocenters. The van der Waals surface area contributed by atoms with Crippen LogP contribution in [0.3, 0.4) is 0 Å². The highest BCUT2D eigenvalue weighted by atomic mass is 16.2. The largest absolute Gasteiger partial charge is 0.359 e. The number of carbonyl (C=O) groups excluding carboxylic acids is 2. The number of nitrogens with two attached hydrogens (primary N) is 2. The van der Waals surface area contributed by atoms with E-state index in [1.807, 2.05) is 24.3 Å². The van der Waals surface area contributed by atoms with Gasteiger partial charge in [-0.15, -0.1) is 0 Å². The van der Waals surface area contributed by atoms with Gasteiger partial charge in [0.25, 0.3) is 0 Å². The van der Waals surface area contributed by atoms with Crippen LogP contribution in [0.5, 0.6) is 0 Å². The maximum absolute atomic E-state index is 14.2. The molecular formula is C37H58N6O2. The van der Waals surface area contributed by atoms with E-state index in [1.54, 1.807) is 7.05 Å². The standard InChI is InChI=1S/C37H58N6O2/c1-5-6-17-32(42-24-30(18-25(2)3)41-23-29(38)19-26-13-9-7-10-14-26)35(44)33-20-28(21-34(39)43-33)37(36(45)40-4)22-31(37)27-15-11-8-12-16-27/h7-16,25,28-34,41-43H,5-6,17-24,38-39H2,1-4H3,(H,40,45)/t28?,29-,30-,31?,32-,33-,34?,37?/m1/s1. The fourth-order valence-corrected chi connectivity index (χ4v) is 7.60. The van der Waals surface area contributed by atoms with Crippen molar-refractivity contribution in [2.24, 2.45) is 28.7 Å². The van der Waals surface area contributed by atoms with E-state index < -0.39 is 5.41 Å². The third kappa shape index (κ3) is 9.46. The van der Waals surface area contributed by atoms with E-state index in [4.69, 9.17) is 11.5 Å². The predicted molar refractivity (Wildman–Crippen MR) is 184 cm³/mol. The van der Waals surface area contributed by atoms with Crippen molar-refractivity contribution in [2.45, 2.75) is 108 Å². The first-order chi connectivity index (χ1) is 21.7. The zero-order valence-electron chi connectivity index (χ0n) is 27.9. The Morgan fingerprint density at radius 3 is 2.33 bits per heavy atom. The lowest BCUT2D eigenvalue weighted by atomic mass is 9.74. The van der Waals surface area contributed by atoms with Crippen LogP contribution in [-0.2, 0) is 16.0 Å². The van der Waals surface area contributed by atoms with Gasteiger partial charge in [-0.05, 0) is 67.4 Å². The lowest BCUT2D eigenvalue weighted by Gasteiger charge is -2.39. The van der Waals surface area contributed by atoms with Gasteiger partial charge < -0.3 is 27.4 Å². The zero-order chi connectivity index (χ0) is 32.4. The second-order valence-electron chi connectivity index (χ2n) is 14.0. The van der Waals surface area contributed by atoms with Crippen molar-refractivity contribution in [3.05, 3.63) is 71.8 Å². The molecule has 0 radical (unpaired) electrons. The van der Waals surface area contributed by atoms with Crippen molar-refractivity contribution in [3.8, 4) is 0 Å². The van der Waals surface area contributed by atoms with Gasteiger partial charge in [0.1, 0.15) is 0 Å². The summed E-state index contributed by atoms with van der Waals surface area (Å²) in [5, 5.41) is 13.7. The summed E-state index contributed by atoms with van der Waals surface area (Å²) in [6.07, 6.45) is 6.34. The lowest BCUT2D eigenvalue weighted by Crippen LogP contribution is -2.59. The summed E-state index contributed by atoms with van der Waals surface area (Å²) < 4.78 is 0. The van der Waals surface area contributed by atoms with E-state index >= 15 is 0 Å². The molecular weight excluding hydrogens is 560 g/mol. The van der Waals surface area contributed by atoms with Crippen LogP contribution in [0.2, 0.25) is 0 Å². The van der Waals surface area contributed by atoms with E-state index in [0.717, 1.165) is 38.5 Å². The quantitative estimate of drug-likeness (QED) is 0.149. The summed E-state index contributed by atoms with van der Waals surface area (Å²) in [7, 11) is 1.72. The first-order valence-corrected chi connectivity index (χ1v) is 17.3. The Balaban J connectivity index is 1.42. The van der Waals surface area contributed by atoms with Crippen LogP contribution >= 0.6 is 0 Å². The van der Waals surface area contributed by atoms with Gasteiger partial charge in [0, 0.05) is 32.2 Å². The van der Waals surface area contributed by atoms with Gasteiger partial charge >= 0.3 is 0 Å². The minimum absolute atomic E-state index is 0.0132. The number of carbonyl (C=O) groups is 2. The Morgan fingerprint density at radius 1 is 1.00 bits per heavy atom. The van der Waals surface area contributed by atoms with Crippen molar-refractivity contribution >= 4 is 11.7 Å². The number of rotatable bonds is 18.